The van der Waals surface area contributed by atoms with Gasteiger partial charge in [0.2, 0.25) is 5.95 Å². The molecule has 5 nitrogen and oxygen atoms in total. The fraction of sp³-hybridized carbons (Fsp3) is 0.429. The second-order valence-electron chi connectivity index (χ2n) is 5.48. The highest BCUT2D eigenvalue weighted by atomic mass is 79.9. The zero-order chi connectivity index (χ0) is 15.0. The van der Waals surface area contributed by atoms with E-state index in [-0.39, 0.29) is 5.82 Å². The zero-order valence-corrected chi connectivity index (χ0v) is 13.5. The van der Waals surface area contributed by atoms with Crippen LogP contribution < -0.4 is 10.2 Å². The summed E-state index contributed by atoms with van der Waals surface area (Å²) in [6.07, 6.45) is 0. The molecule has 112 valence electrons. The van der Waals surface area contributed by atoms with Gasteiger partial charge in [-0.1, -0.05) is 15.9 Å². The molecule has 1 aliphatic rings. The highest BCUT2D eigenvalue weighted by Gasteiger charge is 2.24. The van der Waals surface area contributed by atoms with Gasteiger partial charge < -0.3 is 10.2 Å². The lowest BCUT2D eigenvalue weighted by atomic mass is 10.1. The molecule has 0 bridgehead atoms. The molecule has 2 unspecified atom stereocenters. The fourth-order valence-electron chi connectivity index (χ4n) is 2.69. The SMILES string of the molecule is CC1CN(c2n[nH]c(-c3ccc(Br)cc3F)n2)CC(C)N1. The minimum atomic E-state index is -0.325. The van der Waals surface area contributed by atoms with Gasteiger partial charge in [0.1, 0.15) is 5.82 Å². The Hall–Kier alpha value is -1.47. The molecule has 2 N–H and O–H groups in total. The van der Waals surface area contributed by atoms with Crippen LogP contribution in [0.3, 0.4) is 0 Å². The molecular weight excluding hydrogens is 337 g/mol. The number of hydrogen-bond acceptors (Lipinski definition) is 4. The van der Waals surface area contributed by atoms with Crippen LogP contribution in [-0.2, 0) is 0 Å². The van der Waals surface area contributed by atoms with E-state index in [1.807, 2.05) is 0 Å². The Balaban J connectivity index is 1.86. The van der Waals surface area contributed by atoms with E-state index in [1.165, 1.54) is 6.07 Å². The molecule has 0 spiro atoms. The molecule has 21 heavy (non-hydrogen) atoms. The molecule has 1 aliphatic heterocycles. The van der Waals surface area contributed by atoms with Crippen molar-refractivity contribution in [1.82, 2.24) is 20.5 Å². The van der Waals surface area contributed by atoms with E-state index in [0.29, 0.717) is 33.9 Å². The van der Waals surface area contributed by atoms with Gasteiger partial charge in [0, 0.05) is 29.6 Å². The summed E-state index contributed by atoms with van der Waals surface area (Å²) in [5.74, 6) is 0.746. The first-order valence-corrected chi connectivity index (χ1v) is 7.71. The number of aromatic nitrogens is 3. The maximum Gasteiger partial charge on any atom is 0.245 e. The third-order valence-corrected chi connectivity index (χ3v) is 3.99. The van der Waals surface area contributed by atoms with Crippen molar-refractivity contribution in [2.45, 2.75) is 25.9 Å². The topological polar surface area (TPSA) is 56.8 Å². The van der Waals surface area contributed by atoms with Crippen LogP contribution in [0, 0.1) is 5.82 Å². The molecule has 1 fully saturated rings. The third-order valence-electron chi connectivity index (χ3n) is 3.50. The van der Waals surface area contributed by atoms with Crippen molar-refractivity contribution in [3.63, 3.8) is 0 Å². The number of anilines is 1. The van der Waals surface area contributed by atoms with Crippen LogP contribution in [0.1, 0.15) is 13.8 Å². The summed E-state index contributed by atoms with van der Waals surface area (Å²) in [5.41, 5.74) is 0.424. The van der Waals surface area contributed by atoms with Crippen molar-refractivity contribution in [3.8, 4) is 11.4 Å². The van der Waals surface area contributed by atoms with Gasteiger partial charge in [0.05, 0.1) is 5.56 Å². The van der Waals surface area contributed by atoms with Crippen LogP contribution in [0.5, 0.6) is 0 Å². The normalized spacial score (nSPS) is 22.6. The zero-order valence-electron chi connectivity index (χ0n) is 11.9. The Morgan fingerprint density at radius 1 is 1.29 bits per heavy atom. The number of hydrogen-bond donors (Lipinski definition) is 2. The molecule has 1 aromatic heterocycles. The highest BCUT2D eigenvalue weighted by Crippen LogP contribution is 2.24. The molecule has 2 aromatic rings. The fourth-order valence-corrected chi connectivity index (χ4v) is 3.02. The molecule has 0 saturated carbocycles. The first kappa shape index (κ1) is 14.5. The van der Waals surface area contributed by atoms with Crippen molar-refractivity contribution in [1.29, 1.82) is 0 Å². The van der Waals surface area contributed by atoms with E-state index >= 15 is 0 Å². The average Bonchev–Trinajstić information content (AvgIpc) is 2.87. The Kier molecular flexibility index (Phi) is 3.95. The number of H-pyrrole nitrogens is 1. The van der Waals surface area contributed by atoms with Crippen molar-refractivity contribution < 1.29 is 4.39 Å². The maximum atomic E-state index is 14.0. The number of piperazine rings is 1. The number of benzene rings is 1. The molecule has 2 atom stereocenters. The molecule has 7 heteroatoms. The van der Waals surface area contributed by atoms with E-state index in [1.54, 1.807) is 12.1 Å². The number of rotatable bonds is 2. The van der Waals surface area contributed by atoms with Crippen molar-refractivity contribution in [3.05, 3.63) is 28.5 Å². The summed E-state index contributed by atoms with van der Waals surface area (Å²) in [7, 11) is 0. The second-order valence-corrected chi connectivity index (χ2v) is 6.40. The van der Waals surface area contributed by atoms with Crippen molar-refractivity contribution >= 4 is 21.9 Å². The molecule has 2 heterocycles. The lowest BCUT2D eigenvalue weighted by molar-refractivity contribution is 0.403. The molecule has 0 aliphatic carbocycles. The monoisotopic (exact) mass is 353 g/mol. The Labute approximate surface area is 131 Å². The predicted octanol–water partition coefficient (Wildman–Crippen LogP) is 2.56. The summed E-state index contributed by atoms with van der Waals surface area (Å²) in [6.45, 7) is 5.93. The van der Waals surface area contributed by atoms with Crippen molar-refractivity contribution in [2.24, 2.45) is 0 Å². The van der Waals surface area contributed by atoms with E-state index in [9.17, 15) is 4.39 Å². The largest absolute Gasteiger partial charge is 0.336 e. The Bertz CT molecular complexity index is 634. The number of aromatic amines is 1. The van der Waals surface area contributed by atoms with E-state index in [0.717, 1.165) is 13.1 Å². The second kappa shape index (κ2) is 5.73. The van der Waals surface area contributed by atoms with Crippen LogP contribution in [0.15, 0.2) is 22.7 Å². The lowest BCUT2D eigenvalue weighted by Gasteiger charge is -2.35. The summed E-state index contributed by atoms with van der Waals surface area (Å²) in [4.78, 5) is 6.55. The first-order chi connectivity index (χ1) is 10.0. The van der Waals surface area contributed by atoms with Crippen LogP contribution >= 0.6 is 15.9 Å². The van der Waals surface area contributed by atoms with Gasteiger partial charge in [-0.3, -0.25) is 5.10 Å². The van der Waals surface area contributed by atoms with Gasteiger partial charge >= 0.3 is 0 Å². The van der Waals surface area contributed by atoms with Crippen LogP contribution in [0.2, 0.25) is 0 Å². The standard InChI is InChI=1S/C14H17BrFN5/c1-8-6-21(7-9(2)17-8)14-18-13(19-20-14)11-4-3-10(15)5-12(11)16/h3-5,8-9,17H,6-7H2,1-2H3,(H,18,19,20). The van der Waals surface area contributed by atoms with Crippen LogP contribution in [0.4, 0.5) is 10.3 Å². The quantitative estimate of drug-likeness (QED) is 0.871. The summed E-state index contributed by atoms with van der Waals surface area (Å²) in [5, 5.41) is 10.5. The molecule has 0 amide bonds. The average molecular weight is 354 g/mol. The van der Waals surface area contributed by atoms with Gasteiger partial charge in [0.15, 0.2) is 5.82 Å². The predicted molar refractivity (Wildman–Crippen MR) is 83.7 cm³/mol. The number of nitrogens with zero attached hydrogens (tertiary/aromatic N) is 3. The molecule has 3 rings (SSSR count). The maximum absolute atomic E-state index is 14.0. The summed E-state index contributed by atoms with van der Waals surface area (Å²) in [6, 6.07) is 5.65. The molecule has 0 radical (unpaired) electrons. The lowest BCUT2D eigenvalue weighted by Crippen LogP contribution is -2.54. The van der Waals surface area contributed by atoms with Gasteiger partial charge in [0.25, 0.3) is 0 Å². The molecule has 1 aromatic carbocycles. The molecular formula is C14H17BrFN5. The van der Waals surface area contributed by atoms with E-state index in [4.69, 9.17) is 0 Å². The minimum Gasteiger partial charge on any atom is -0.336 e. The molecule has 1 saturated heterocycles. The highest BCUT2D eigenvalue weighted by molar-refractivity contribution is 9.10. The number of nitrogens with one attached hydrogen (secondary N) is 2. The van der Waals surface area contributed by atoms with E-state index in [2.05, 4.69) is 55.2 Å². The Morgan fingerprint density at radius 3 is 2.67 bits per heavy atom. The van der Waals surface area contributed by atoms with Gasteiger partial charge in [-0.05, 0) is 32.0 Å². The van der Waals surface area contributed by atoms with Gasteiger partial charge in [-0.15, -0.1) is 5.10 Å². The summed E-state index contributed by atoms with van der Waals surface area (Å²) >= 11 is 3.25. The Morgan fingerprint density at radius 2 is 2.00 bits per heavy atom. The number of halogens is 2. The first-order valence-electron chi connectivity index (χ1n) is 6.92. The summed E-state index contributed by atoms with van der Waals surface area (Å²) < 4.78 is 14.7. The van der Waals surface area contributed by atoms with Crippen molar-refractivity contribution in [2.75, 3.05) is 18.0 Å². The van der Waals surface area contributed by atoms with Crippen LogP contribution in [0.25, 0.3) is 11.4 Å². The van der Waals surface area contributed by atoms with Gasteiger partial charge in [-0.25, -0.2) is 4.39 Å². The third kappa shape index (κ3) is 3.08. The minimum absolute atomic E-state index is 0.325. The van der Waals surface area contributed by atoms with E-state index < -0.39 is 0 Å². The smallest absolute Gasteiger partial charge is 0.245 e. The van der Waals surface area contributed by atoms with Gasteiger partial charge in [-0.2, -0.15) is 4.98 Å². The van der Waals surface area contributed by atoms with Crippen LogP contribution in [-0.4, -0.2) is 40.4 Å².